The number of nitrogens with zero attached hydrogens (tertiary/aromatic N) is 1. The van der Waals surface area contributed by atoms with Crippen LogP contribution < -0.4 is 15.8 Å². The fourth-order valence-electron chi connectivity index (χ4n) is 1.98. The Labute approximate surface area is 128 Å². The van der Waals surface area contributed by atoms with Crippen LogP contribution in [0.4, 0.5) is 5.69 Å². The van der Waals surface area contributed by atoms with Gasteiger partial charge in [-0.1, -0.05) is 0 Å². The largest absolute Gasteiger partial charge is 0.496 e. The van der Waals surface area contributed by atoms with Gasteiger partial charge in [0.05, 0.1) is 17.6 Å². The number of nitrogens with one attached hydrogen (secondary N) is 1. The van der Waals surface area contributed by atoms with Crippen molar-refractivity contribution in [2.45, 2.75) is 18.9 Å². The molecule has 3 N–H and O–H groups in total. The molecule has 1 aromatic rings. The van der Waals surface area contributed by atoms with Crippen LogP contribution in [0.15, 0.2) is 18.2 Å². The van der Waals surface area contributed by atoms with Gasteiger partial charge in [-0.25, -0.2) is 0 Å². The van der Waals surface area contributed by atoms with E-state index >= 15 is 0 Å². The zero-order valence-corrected chi connectivity index (χ0v) is 12.4. The van der Waals surface area contributed by atoms with Gasteiger partial charge in [-0.05, 0) is 24.8 Å². The Balaban J connectivity index is 0.00000220. The van der Waals surface area contributed by atoms with E-state index in [4.69, 9.17) is 10.5 Å². The predicted octanol–water partition coefficient (Wildman–Crippen LogP) is 1.49. The number of carbonyl (C=O) groups is 1. The molecule has 2 rings (SSSR count). The van der Waals surface area contributed by atoms with Crippen LogP contribution in [0.2, 0.25) is 0 Å². The second-order valence-corrected chi connectivity index (χ2v) is 4.85. The maximum absolute atomic E-state index is 12.1. The van der Waals surface area contributed by atoms with E-state index in [0.717, 1.165) is 12.8 Å². The van der Waals surface area contributed by atoms with Crippen LogP contribution in [-0.4, -0.2) is 30.5 Å². The first-order valence-corrected chi connectivity index (χ1v) is 6.39. The Morgan fingerprint density at radius 3 is 2.76 bits per heavy atom. The third kappa shape index (κ3) is 4.30. The Bertz CT molecular complexity index is 534. The molecule has 0 bridgehead atoms. The van der Waals surface area contributed by atoms with Crippen molar-refractivity contribution in [3.8, 4) is 5.75 Å². The monoisotopic (exact) mass is 315 g/mol. The van der Waals surface area contributed by atoms with Gasteiger partial charge in [0.15, 0.2) is 0 Å². The Morgan fingerprint density at radius 2 is 2.24 bits per heavy atom. The average Bonchev–Trinajstić information content (AvgIpc) is 3.28. The number of halogens is 1. The lowest BCUT2D eigenvalue weighted by molar-refractivity contribution is -0.384. The topological polar surface area (TPSA) is 107 Å². The van der Waals surface area contributed by atoms with E-state index in [1.807, 2.05) is 0 Å². The Morgan fingerprint density at radius 1 is 1.57 bits per heavy atom. The minimum atomic E-state index is -0.549. The summed E-state index contributed by atoms with van der Waals surface area (Å²) < 4.78 is 5.05. The van der Waals surface area contributed by atoms with Crippen LogP contribution >= 0.6 is 12.4 Å². The van der Waals surface area contributed by atoms with E-state index in [2.05, 4.69) is 5.32 Å². The molecule has 0 spiro atoms. The van der Waals surface area contributed by atoms with Crippen molar-refractivity contribution in [1.29, 1.82) is 0 Å². The molecule has 21 heavy (non-hydrogen) atoms. The van der Waals surface area contributed by atoms with Gasteiger partial charge in [-0.3, -0.25) is 14.9 Å². The average molecular weight is 316 g/mol. The first kappa shape index (κ1) is 17.2. The second-order valence-electron chi connectivity index (χ2n) is 4.85. The Hall–Kier alpha value is -1.86. The van der Waals surface area contributed by atoms with Crippen LogP contribution in [0.1, 0.15) is 23.2 Å². The van der Waals surface area contributed by atoms with Gasteiger partial charge in [-0.15, -0.1) is 12.4 Å². The van der Waals surface area contributed by atoms with Gasteiger partial charge < -0.3 is 15.8 Å². The van der Waals surface area contributed by atoms with Crippen molar-refractivity contribution in [3.63, 3.8) is 0 Å². The van der Waals surface area contributed by atoms with Gasteiger partial charge in [0.25, 0.3) is 11.6 Å². The molecule has 1 aliphatic rings. The quantitative estimate of drug-likeness (QED) is 0.611. The van der Waals surface area contributed by atoms with Crippen molar-refractivity contribution in [1.82, 2.24) is 5.32 Å². The predicted molar refractivity (Wildman–Crippen MR) is 79.9 cm³/mol. The summed E-state index contributed by atoms with van der Waals surface area (Å²) in [6, 6.07) is 3.85. The minimum absolute atomic E-state index is 0. The highest BCUT2D eigenvalue weighted by atomic mass is 35.5. The first-order chi connectivity index (χ1) is 9.52. The van der Waals surface area contributed by atoms with Crippen LogP contribution in [0.3, 0.4) is 0 Å². The van der Waals surface area contributed by atoms with Gasteiger partial charge >= 0.3 is 0 Å². The lowest BCUT2D eigenvalue weighted by atomic mass is 10.1. The molecule has 0 radical (unpaired) electrons. The summed E-state index contributed by atoms with van der Waals surface area (Å²) in [5.41, 5.74) is 5.89. The number of methoxy groups -OCH3 is 1. The summed E-state index contributed by atoms with van der Waals surface area (Å²) in [7, 11) is 1.41. The van der Waals surface area contributed by atoms with Crippen LogP contribution in [0.5, 0.6) is 5.75 Å². The van der Waals surface area contributed by atoms with E-state index < -0.39 is 10.8 Å². The van der Waals surface area contributed by atoms with Crippen molar-refractivity contribution in [2.75, 3.05) is 13.7 Å². The number of nitrogens with two attached hydrogens (primary N) is 1. The fraction of sp³-hybridized carbons (Fsp3) is 0.462. The summed E-state index contributed by atoms with van der Waals surface area (Å²) >= 11 is 0. The SMILES string of the molecule is COc1ccc([N+](=O)[O-])cc1C(=O)NCC(N)C1CC1.Cl. The molecule has 1 fully saturated rings. The molecule has 1 atom stereocenters. The number of amides is 1. The fourth-order valence-corrected chi connectivity index (χ4v) is 1.98. The molecule has 0 aliphatic heterocycles. The van der Waals surface area contributed by atoms with Crippen molar-refractivity contribution < 1.29 is 14.5 Å². The number of rotatable bonds is 6. The van der Waals surface area contributed by atoms with Crippen LogP contribution in [0.25, 0.3) is 0 Å². The van der Waals surface area contributed by atoms with E-state index in [9.17, 15) is 14.9 Å². The maximum Gasteiger partial charge on any atom is 0.270 e. The molecule has 116 valence electrons. The molecule has 0 aromatic heterocycles. The number of carbonyl (C=O) groups excluding carboxylic acids is 1. The third-order valence-electron chi connectivity index (χ3n) is 3.36. The molecular weight excluding hydrogens is 298 g/mol. The molecule has 0 heterocycles. The van der Waals surface area contributed by atoms with Gasteiger partial charge in [-0.2, -0.15) is 0 Å². The minimum Gasteiger partial charge on any atom is -0.496 e. The highest BCUT2D eigenvalue weighted by Gasteiger charge is 2.28. The van der Waals surface area contributed by atoms with E-state index in [1.54, 1.807) is 0 Å². The highest BCUT2D eigenvalue weighted by Crippen LogP contribution is 2.31. The first-order valence-electron chi connectivity index (χ1n) is 6.39. The van der Waals surface area contributed by atoms with E-state index in [-0.39, 0.29) is 29.7 Å². The van der Waals surface area contributed by atoms with Gasteiger partial charge in [0.2, 0.25) is 0 Å². The summed E-state index contributed by atoms with van der Waals surface area (Å²) in [6.45, 7) is 0.356. The molecule has 1 amide bonds. The lowest BCUT2D eigenvalue weighted by Crippen LogP contribution is -2.38. The summed E-state index contributed by atoms with van der Waals surface area (Å²) in [5, 5.41) is 13.4. The van der Waals surface area contributed by atoms with E-state index in [0.29, 0.717) is 18.2 Å². The summed E-state index contributed by atoms with van der Waals surface area (Å²) in [5.74, 6) is 0.358. The standard InChI is InChI=1S/C13H17N3O4.ClH/c1-20-12-5-4-9(16(18)19)6-10(12)13(17)15-7-11(14)8-2-3-8;/h4-6,8,11H,2-3,7,14H2,1H3,(H,15,17);1H. The molecule has 7 nitrogen and oxygen atoms in total. The molecule has 8 heteroatoms. The number of non-ortho nitro benzene ring substituents is 1. The molecule has 0 saturated heterocycles. The third-order valence-corrected chi connectivity index (χ3v) is 3.36. The molecule has 1 saturated carbocycles. The van der Waals surface area contributed by atoms with Crippen LogP contribution in [-0.2, 0) is 0 Å². The van der Waals surface area contributed by atoms with Crippen LogP contribution in [0, 0.1) is 16.0 Å². The highest BCUT2D eigenvalue weighted by molar-refractivity contribution is 5.97. The van der Waals surface area contributed by atoms with Gasteiger partial charge in [0, 0.05) is 24.7 Å². The number of nitro groups is 1. The molecule has 1 aliphatic carbocycles. The normalized spacial score (nSPS) is 14.8. The lowest BCUT2D eigenvalue weighted by Gasteiger charge is -2.13. The second kappa shape index (κ2) is 7.24. The number of benzene rings is 1. The number of ether oxygens (including phenoxy) is 1. The zero-order valence-electron chi connectivity index (χ0n) is 11.6. The number of hydrogen-bond acceptors (Lipinski definition) is 5. The molecular formula is C13H18ClN3O4. The zero-order chi connectivity index (χ0) is 14.7. The summed E-state index contributed by atoms with van der Waals surface area (Å²) in [6.07, 6.45) is 2.19. The molecule has 1 aromatic carbocycles. The van der Waals surface area contributed by atoms with E-state index in [1.165, 1.54) is 25.3 Å². The smallest absolute Gasteiger partial charge is 0.270 e. The van der Waals surface area contributed by atoms with Gasteiger partial charge in [0.1, 0.15) is 5.75 Å². The summed E-state index contributed by atoms with van der Waals surface area (Å²) in [4.78, 5) is 22.3. The van der Waals surface area contributed by atoms with Crippen molar-refractivity contribution in [2.24, 2.45) is 11.7 Å². The number of nitro benzene ring substituents is 1. The number of hydrogen-bond donors (Lipinski definition) is 2. The molecule has 1 unspecified atom stereocenters. The van der Waals surface area contributed by atoms with Crippen molar-refractivity contribution in [3.05, 3.63) is 33.9 Å². The maximum atomic E-state index is 12.1. The van der Waals surface area contributed by atoms with Crippen molar-refractivity contribution >= 4 is 24.0 Å². The Kier molecular flexibility index (Phi) is 5.92.